The van der Waals surface area contributed by atoms with Crippen LogP contribution in [-0.4, -0.2) is 35.5 Å². The molecule has 2 N–H and O–H groups in total. The van der Waals surface area contributed by atoms with Crippen LogP contribution in [0, 0.1) is 0 Å². The summed E-state index contributed by atoms with van der Waals surface area (Å²) in [4.78, 5) is 27.3. The Morgan fingerprint density at radius 1 is 1.13 bits per heavy atom. The molecule has 2 rings (SSSR count). The summed E-state index contributed by atoms with van der Waals surface area (Å²) in [6.07, 6.45) is 4.06. The number of amides is 2. The maximum Gasteiger partial charge on any atom is 0.287 e. The van der Waals surface area contributed by atoms with E-state index in [-0.39, 0.29) is 11.8 Å². The van der Waals surface area contributed by atoms with Gasteiger partial charge in [0, 0.05) is 39.3 Å². The second kappa shape index (κ2) is 7.58. The maximum atomic E-state index is 11.7. The third-order valence-corrected chi connectivity index (χ3v) is 3.70. The molecule has 122 valence electrons. The Balaban J connectivity index is 2.05. The summed E-state index contributed by atoms with van der Waals surface area (Å²) in [7, 11) is 5.04. The molecule has 0 aliphatic rings. The van der Waals surface area contributed by atoms with Gasteiger partial charge in [-0.15, -0.1) is 0 Å². The Bertz CT molecular complexity index is 689. The van der Waals surface area contributed by atoms with Crippen molar-refractivity contribution in [3.05, 3.63) is 41.9 Å². The summed E-state index contributed by atoms with van der Waals surface area (Å²) >= 11 is 0. The van der Waals surface area contributed by atoms with E-state index in [1.54, 1.807) is 25.7 Å². The minimum Gasteiger partial charge on any atom is -0.359 e. The number of imidazole rings is 1. The quantitative estimate of drug-likeness (QED) is 0.848. The van der Waals surface area contributed by atoms with Crippen molar-refractivity contribution >= 4 is 11.8 Å². The number of carbonyl (C=O) groups excluding carboxylic acids is 2. The molecule has 0 unspecified atom stereocenters. The van der Waals surface area contributed by atoms with Gasteiger partial charge in [0.25, 0.3) is 5.91 Å². The van der Waals surface area contributed by atoms with Gasteiger partial charge in [-0.05, 0) is 18.4 Å². The van der Waals surface area contributed by atoms with Crippen LogP contribution in [0.5, 0.6) is 0 Å². The van der Waals surface area contributed by atoms with E-state index in [2.05, 4.69) is 15.6 Å². The van der Waals surface area contributed by atoms with Gasteiger partial charge in [-0.1, -0.05) is 24.3 Å². The van der Waals surface area contributed by atoms with Gasteiger partial charge in [-0.3, -0.25) is 9.59 Å². The Hall–Kier alpha value is -2.63. The van der Waals surface area contributed by atoms with E-state index in [0.29, 0.717) is 12.2 Å². The summed E-state index contributed by atoms with van der Waals surface area (Å²) in [6, 6.07) is 8.05. The van der Waals surface area contributed by atoms with Crippen LogP contribution >= 0.6 is 0 Å². The number of rotatable bonds is 6. The molecule has 0 saturated heterocycles. The van der Waals surface area contributed by atoms with Crippen molar-refractivity contribution in [1.82, 2.24) is 20.2 Å². The van der Waals surface area contributed by atoms with Crippen molar-refractivity contribution in [3.63, 3.8) is 0 Å². The molecule has 0 saturated carbocycles. The van der Waals surface area contributed by atoms with Crippen molar-refractivity contribution in [2.45, 2.75) is 19.3 Å². The summed E-state index contributed by atoms with van der Waals surface area (Å²) < 4.78 is 1.71. The van der Waals surface area contributed by atoms with Gasteiger partial charge in [0.1, 0.15) is 0 Å². The third-order valence-electron chi connectivity index (χ3n) is 3.70. The summed E-state index contributed by atoms with van der Waals surface area (Å²) in [5, 5.41) is 5.20. The van der Waals surface area contributed by atoms with Gasteiger partial charge >= 0.3 is 0 Å². The highest BCUT2D eigenvalue weighted by atomic mass is 16.2. The fourth-order valence-electron chi connectivity index (χ4n) is 2.35. The second-order valence-electron chi connectivity index (χ2n) is 5.36. The lowest BCUT2D eigenvalue weighted by Crippen LogP contribution is -2.21. The van der Waals surface area contributed by atoms with E-state index in [4.69, 9.17) is 0 Å². The fraction of sp³-hybridized carbons (Fsp3) is 0.353. The number of hydrogen-bond donors (Lipinski definition) is 2. The molecule has 1 aromatic carbocycles. The van der Waals surface area contributed by atoms with Gasteiger partial charge in [0.15, 0.2) is 5.82 Å². The molecule has 0 radical (unpaired) electrons. The van der Waals surface area contributed by atoms with Crippen LogP contribution in [0.25, 0.3) is 11.3 Å². The molecular formula is C17H22N4O2. The van der Waals surface area contributed by atoms with E-state index in [1.807, 2.05) is 30.5 Å². The van der Waals surface area contributed by atoms with E-state index in [0.717, 1.165) is 24.1 Å². The number of nitrogens with one attached hydrogen (secondary N) is 2. The highest BCUT2D eigenvalue weighted by molar-refractivity contribution is 5.91. The first-order valence-electron chi connectivity index (χ1n) is 7.60. The first-order chi connectivity index (χ1) is 11.0. The number of hydrogen-bond acceptors (Lipinski definition) is 3. The molecule has 6 heteroatoms. The largest absolute Gasteiger partial charge is 0.359 e. The lowest BCUT2D eigenvalue weighted by Gasteiger charge is -2.03. The van der Waals surface area contributed by atoms with E-state index >= 15 is 0 Å². The average Bonchev–Trinajstić information content (AvgIpc) is 2.96. The molecule has 6 nitrogen and oxygen atoms in total. The molecule has 2 amide bonds. The van der Waals surface area contributed by atoms with Gasteiger partial charge in [-0.25, -0.2) is 4.98 Å². The van der Waals surface area contributed by atoms with Crippen molar-refractivity contribution in [2.75, 3.05) is 14.1 Å². The molecule has 0 atom stereocenters. The first-order valence-corrected chi connectivity index (χ1v) is 7.60. The van der Waals surface area contributed by atoms with E-state index in [9.17, 15) is 9.59 Å². The molecule has 0 spiro atoms. The van der Waals surface area contributed by atoms with Gasteiger partial charge < -0.3 is 15.2 Å². The molecule has 1 heterocycles. The normalized spacial score (nSPS) is 10.4. The predicted molar refractivity (Wildman–Crippen MR) is 89.0 cm³/mol. The molecule has 0 aliphatic heterocycles. The fourth-order valence-corrected chi connectivity index (χ4v) is 2.35. The molecule has 0 bridgehead atoms. The predicted octanol–water partition coefficient (Wildman–Crippen LogP) is 1.52. The van der Waals surface area contributed by atoms with Crippen molar-refractivity contribution in [3.8, 4) is 11.3 Å². The second-order valence-corrected chi connectivity index (χ2v) is 5.36. The topological polar surface area (TPSA) is 76.0 Å². The number of nitrogens with zero attached hydrogens (tertiary/aromatic N) is 2. The van der Waals surface area contributed by atoms with Crippen LogP contribution in [0.2, 0.25) is 0 Å². The Morgan fingerprint density at radius 2 is 1.83 bits per heavy atom. The van der Waals surface area contributed by atoms with Crippen LogP contribution in [0.4, 0.5) is 0 Å². The Morgan fingerprint density at radius 3 is 2.43 bits per heavy atom. The Kier molecular flexibility index (Phi) is 5.51. The van der Waals surface area contributed by atoms with E-state index < -0.39 is 0 Å². The average molecular weight is 314 g/mol. The first kappa shape index (κ1) is 16.7. The lowest BCUT2D eigenvalue weighted by atomic mass is 10.0. The molecular weight excluding hydrogens is 292 g/mol. The zero-order chi connectivity index (χ0) is 16.8. The Labute approximate surface area is 135 Å². The van der Waals surface area contributed by atoms with Crippen LogP contribution in [-0.2, 0) is 18.3 Å². The number of aryl methyl sites for hydroxylation is 2. The smallest absolute Gasteiger partial charge is 0.287 e. The van der Waals surface area contributed by atoms with Crippen LogP contribution in [0.1, 0.15) is 29.0 Å². The summed E-state index contributed by atoms with van der Waals surface area (Å²) in [5.41, 5.74) is 2.91. The lowest BCUT2D eigenvalue weighted by molar-refractivity contribution is -0.120. The number of carbonyl (C=O) groups is 2. The SMILES string of the molecule is CNC(=O)CCCc1ccc(-c2cn(C)c(C(=O)NC)n2)cc1. The standard InChI is InChI=1S/C17H22N4O2/c1-18-15(22)6-4-5-12-7-9-13(10-8-12)14-11-21(3)16(20-14)17(23)19-2/h7-11H,4-6H2,1-3H3,(H,18,22)(H,19,23). The van der Waals surface area contributed by atoms with Crippen LogP contribution < -0.4 is 10.6 Å². The molecule has 1 aromatic heterocycles. The van der Waals surface area contributed by atoms with Crippen molar-refractivity contribution in [2.24, 2.45) is 7.05 Å². The molecule has 0 fully saturated rings. The number of aromatic nitrogens is 2. The van der Waals surface area contributed by atoms with Crippen LogP contribution in [0.15, 0.2) is 30.5 Å². The zero-order valence-corrected chi connectivity index (χ0v) is 13.7. The summed E-state index contributed by atoms with van der Waals surface area (Å²) in [6.45, 7) is 0. The minimum absolute atomic E-state index is 0.0665. The van der Waals surface area contributed by atoms with Gasteiger partial charge in [0.2, 0.25) is 5.91 Å². The minimum atomic E-state index is -0.204. The third kappa shape index (κ3) is 4.18. The van der Waals surface area contributed by atoms with Gasteiger partial charge in [-0.2, -0.15) is 0 Å². The highest BCUT2D eigenvalue weighted by Crippen LogP contribution is 2.19. The van der Waals surface area contributed by atoms with E-state index in [1.165, 1.54) is 5.56 Å². The zero-order valence-electron chi connectivity index (χ0n) is 13.7. The van der Waals surface area contributed by atoms with Crippen LogP contribution in [0.3, 0.4) is 0 Å². The molecule has 2 aromatic rings. The van der Waals surface area contributed by atoms with Crippen molar-refractivity contribution in [1.29, 1.82) is 0 Å². The van der Waals surface area contributed by atoms with Gasteiger partial charge in [0.05, 0.1) is 5.69 Å². The molecule has 23 heavy (non-hydrogen) atoms. The summed E-state index contributed by atoms with van der Waals surface area (Å²) in [5.74, 6) is 0.249. The molecule has 0 aliphatic carbocycles. The highest BCUT2D eigenvalue weighted by Gasteiger charge is 2.13. The van der Waals surface area contributed by atoms with Crippen molar-refractivity contribution < 1.29 is 9.59 Å². The maximum absolute atomic E-state index is 11.7. The monoisotopic (exact) mass is 314 g/mol. The number of benzene rings is 1.